The van der Waals surface area contributed by atoms with Gasteiger partial charge in [0.15, 0.2) is 5.78 Å². The number of carbonyl (C=O) groups is 1. The average molecular weight is 260 g/mol. The van der Waals surface area contributed by atoms with Gasteiger partial charge in [-0.15, -0.1) is 11.3 Å². The van der Waals surface area contributed by atoms with Crippen LogP contribution >= 0.6 is 11.3 Å². The van der Waals surface area contributed by atoms with Crippen LogP contribution in [0, 0.1) is 6.92 Å². The highest BCUT2D eigenvalue weighted by Gasteiger charge is 2.06. The van der Waals surface area contributed by atoms with Gasteiger partial charge in [0.2, 0.25) is 0 Å². The summed E-state index contributed by atoms with van der Waals surface area (Å²) in [5, 5.41) is 1.93. The van der Waals surface area contributed by atoms with E-state index in [1.165, 1.54) is 16.9 Å². The fourth-order valence-electron chi connectivity index (χ4n) is 1.69. The van der Waals surface area contributed by atoms with Crippen LogP contribution in [-0.2, 0) is 0 Å². The van der Waals surface area contributed by atoms with Crippen molar-refractivity contribution in [3.05, 3.63) is 52.2 Å². The summed E-state index contributed by atoms with van der Waals surface area (Å²) in [6, 6.07) is 11.7. The number of ketones is 1. The number of hydrogen-bond donors (Lipinski definition) is 0. The number of rotatable bonds is 6. The minimum absolute atomic E-state index is 0.206. The Morgan fingerprint density at radius 2 is 2.17 bits per heavy atom. The molecule has 0 saturated heterocycles. The first-order valence-corrected chi connectivity index (χ1v) is 6.90. The van der Waals surface area contributed by atoms with E-state index in [0.717, 1.165) is 17.0 Å². The first kappa shape index (κ1) is 12.8. The molecule has 1 heterocycles. The van der Waals surface area contributed by atoms with Gasteiger partial charge in [0, 0.05) is 6.42 Å². The van der Waals surface area contributed by atoms with Crippen molar-refractivity contribution in [1.82, 2.24) is 0 Å². The lowest BCUT2D eigenvalue weighted by Crippen LogP contribution is -2.02. The van der Waals surface area contributed by atoms with Crippen molar-refractivity contribution in [1.29, 1.82) is 0 Å². The van der Waals surface area contributed by atoms with Crippen LogP contribution in [0.1, 0.15) is 28.1 Å². The van der Waals surface area contributed by atoms with Gasteiger partial charge in [-0.25, -0.2) is 0 Å². The van der Waals surface area contributed by atoms with Gasteiger partial charge in [-0.3, -0.25) is 4.79 Å². The molecule has 0 radical (unpaired) electrons. The van der Waals surface area contributed by atoms with Crippen molar-refractivity contribution < 1.29 is 9.53 Å². The van der Waals surface area contributed by atoms with E-state index in [0.29, 0.717) is 13.0 Å². The highest BCUT2D eigenvalue weighted by atomic mass is 32.1. The highest BCUT2D eigenvalue weighted by Crippen LogP contribution is 2.14. The van der Waals surface area contributed by atoms with Crippen LogP contribution in [0.25, 0.3) is 0 Å². The van der Waals surface area contributed by atoms with Gasteiger partial charge in [-0.2, -0.15) is 0 Å². The van der Waals surface area contributed by atoms with Crippen LogP contribution < -0.4 is 4.74 Å². The fraction of sp³-hybridized carbons (Fsp3) is 0.267. The molecule has 0 bridgehead atoms. The van der Waals surface area contributed by atoms with Crippen molar-refractivity contribution in [3.8, 4) is 5.75 Å². The van der Waals surface area contributed by atoms with E-state index in [4.69, 9.17) is 4.74 Å². The molecule has 0 spiro atoms. The van der Waals surface area contributed by atoms with E-state index in [1.54, 1.807) is 0 Å². The molecular formula is C15H16O2S. The molecule has 0 atom stereocenters. The third-order valence-corrected chi connectivity index (χ3v) is 3.51. The minimum Gasteiger partial charge on any atom is -0.494 e. The topological polar surface area (TPSA) is 26.3 Å². The Kier molecular flexibility index (Phi) is 4.53. The molecule has 0 aliphatic carbocycles. The molecule has 0 saturated carbocycles. The standard InChI is InChI=1S/C15H16O2S/c1-12-5-2-6-13(11-12)17-9-3-7-14(16)15-8-4-10-18-15/h2,4-6,8,10-11H,3,7,9H2,1H3. The molecule has 0 aliphatic rings. The molecular weight excluding hydrogens is 244 g/mol. The Hall–Kier alpha value is -1.61. The second kappa shape index (κ2) is 6.36. The van der Waals surface area contributed by atoms with Gasteiger partial charge in [-0.1, -0.05) is 18.2 Å². The summed E-state index contributed by atoms with van der Waals surface area (Å²) < 4.78 is 5.61. The number of thiophene rings is 1. The molecule has 18 heavy (non-hydrogen) atoms. The van der Waals surface area contributed by atoms with E-state index < -0.39 is 0 Å². The van der Waals surface area contributed by atoms with Crippen molar-refractivity contribution in [2.45, 2.75) is 19.8 Å². The zero-order valence-corrected chi connectivity index (χ0v) is 11.2. The number of benzene rings is 1. The Labute approximate surface area is 111 Å². The van der Waals surface area contributed by atoms with E-state index in [2.05, 4.69) is 0 Å². The lowest BCUT2D eigenvalue weighted by molar-refractivity contribution is 0.0977. The number of hydrogen-bond acceptors (Lipinski definition) is 3. The molecule has 3 heteroatoms. The molecule has 0 unspecified atom stereocenters. The Balaban J connectivity index is 1.72. The van der Waals surface area contributed by atoms with E-state index in [9.17, 15) is 4.79 Å². The van der Waals surface area contributed by atoms with Crippen LogP contribution in [0.4, 0.5) is 0 Å². The van der Waals surface area contributed by atoms with Crippen LogP contribution in [0.3, 0.4) is 0 Å². The molecule has 0 N–H and O–H groups in total. The van der Waals surface area contributed by atoms with Gasteiger partial charge >= 0.3 is 0 Å². The largest absolute Gasteiger partial charge is 0.494 e. The number of carbonyl (C=O) groups excluding carboxylic acids is 1. The Bertz CT molecular complexity index is 503. The SMILES string of the molecule is Cc1cccc(OCCCC(=O)c2cccs2)c1. The summed E-state index contributed by atoms with van der Waals surface area (Å²) in [5.41, 5.74) is 1.18. The van der Waals surface area contributed by atoms with E-state index >= 15 is 0 Å². The number of ether oxygens (including phenoxy) is 1. The first-order valence-electron chi connectivity index (χ1n) is 6.02. The lowest BCUT2D eigenvalue weighted by Gasteiger charge is -2.06. The van der Waals surface area contributed by atoms with E-state index in [-0.39, 0.29) is 5.78 Å². The number of aryl methyl sites for hydroxylation is 1. The molecule has 0 fully saturated rings. The highest BCUT2D eigenvalue weighted by molar-refractivity contribution is 7.12. The van der Waals surface area contributed by atoms with Crippen LogP contribution in [0.5, 0.6) is 5.75 Å². The normalized spacial score (nSPS) is 10.3. The summed E-state index contributed by atoms with van der Waals surface area (Å²) >= 11 is 1.50. The Morgan fingerprint density at radius 3 is 2.89 bits per heavy atom. The maximum atomic E-state index is 11.7. The summed E-state index contributed by atoms with van der Waals surface area (Å²) in [6.07, 6.45) is 1.30. The molecule has 2 aromatic rings. The van der Waals surface area contributed by atoms with Gasteiger partial charge in [0.05, 0.1) is 11.5 Å². The van der Waals surface area contributed by atoms with Gasteiger partial charge in [0.1, 0.15) is 5.75 Å². The van der Waals surface area contributed by atoms with Gasteiger partial charge in [0.25, 0.3) is 0 Å². The van der Waals surface area contributed by atoms with E-state index in [1.807, 2.05) is 48.7 Å². The molecule has 0 amide bonds. The zero-order valence-electron chi connectivity index (χ0n) is 10.4. The quantitative estimate of drug-likeness (QED) is 0.577. The van der Waals surface area contributed by atoms with Gasteiger partial charge < -0.3 is 4.74 Å². The molecule has 2 nitrogen and oxygen atoms in total. The second-order valence-electron chi connectivity index (χ2n) is 4.17. The average Bonchev–Trinajstić information content (AvgIpc) is 2.88. The molecule has 2 rings (SSSR count). The maximum Gasteiger partial charge on any atom is 0.172 e. The molecule has 0 aliphatic heterocycles. The zero-order chi connectivity index (χ0) is 12.8. The summed E-state index contributed by atoms with van der Waals surface area (Å²) in [5.74, 6) is 1.08. The summed E-state index contributed by atoms with van der Waals surface area (Å²) in [7, 11) is 0. The van der Waals surface area contributed by atoms with Crippen molar-refractivity contribution in [2.75, 3.05) is 6.61 Å². The summed E-state index contributed by atoms with van der Waals surface area (Å²) in [6.45, 7) is 2.62. The molecule has 94 valence electrons. The third-order valence-electron chi connectivity index (χ3n) is 2.60. The van der Waals surface area contributed by atoms with Crippen LogP contribution in [0.2, 0.25) is 0 Å². The van der Waals surface area contributed by atoms with Crippen LogP contribution in [-0.4, -0.2) is 12.4 Å². The number of Topliss-reactive ketones (excluding diaryl/α,β-unsaturated/α-hetero) is 1. The smallest absolute Gasteiger partial charge is 0.172 e. The predicted octanol–water partition coefficient (Wildman–Crippen LogP) is 4.10. The third kappa shape index (κ3) is 3.70. The second-order valence-corrected chi connectivity index (χ2v) is 5.12. The van der Waals surface area contributed by atoms with Crippen LogP contribution in [0.15, 0.2) is 41.8 Å². The van der Waals surface area contributed by atoms with Crippen molar-refractivity contribution in [2.24, 2.45) is 0 Å². The van der Waals surface area contributed by atoms with Gasteiger partial charge in [-0.05, 0) is 42.5 Å². The maximum absolute atomic E-state index is 11.7. The van der Waals surface area contributed by atoms with Crippen molar-refractivity contribution in [3.63, 3.8) is 0 Å². The molecule has 1 aromatic heterocycles. The summed E-state index contributed by atoms with van der Waals surface area (Å²) in [4.78, 5) is 12.6. The fourth-order valence-corrected chi connectivity index (χ4v) is 2.38. The minimum atomic E-state index is 0.206. The monoisotopic (exact) mass is 260 g/mol. The lowest BCUT2D eigenvalue weighted by atomic mass is 10.2. The first-order chi connectivity index (χ1) is 8.75. The Morgan fingerprint density at radius 1 is 1.28 bits per heavy atom. The molecule has 1 aromatic carbocycles. The predicted molar refractivity (Wildman–Crippen MR) is 74.6 cm³/mol. The van der Waals surface area contributed by atoms with Crippen molar-refractivity contribution >= 4 is 17.1 Å².